The second-order valence-electron chi connectivity index (χ2n) is 3.65. The zero-order chi connectivity index (χ0) is 13.4. The highest BCUT2D eigenvalue weighted by Crippen LogP contribution is 2.20. The number of carbonyl (C=O) groups is 1. The number of nitriles is 1. The highest BCUT2D eigenvalue weighted by Gasteiger charge is 2.07. The predicted octanol–water partition coefficient (Wildman–Crippen LogP) is 3.08. The van der Waals surface area contributed by atoms with Crippen LogP contribution in [-0.2, 0) is 9.53 Å². The van der Waals surface area contributed by atoms with E-state index in [0.717, 1.165) is 4.47 Å². The first-order chi connectivity index (χ1) is 8.67. The summed E-state index contributed by atoms with van der Waals surface area (Å²) in [6, 6.07) is 7.22. The SMILES string of the molecule is CCOCCCC(=O)Nc1ccc(Br)cc1C#N. The molecule has 1 amide bonds. The molecule has 18 heavy (non-hydrogen) atoms. The summed E-state index contributed by atoms with van der Waals surface area (Å²) in [6.45, 7) is 3.16. The summed E-state index contributed by atoms with van der Waals surface area (Å²) >= 11 is 3.28. The van der Waals surface area contributed by atoms with Gasteiger partial charge in [0.25, 0.3) is 0 Å². The number of carbonyl (C=O) groups excluding carboxylic acids is 1. The Morgan fingerprint density at radius 2 is 2.33 bits per heavy atom. The van der Waals surface area contributed by atoms with Gasteiger partial charge in [-0.15, -0.1) is 0 Å². The van der Waals surface area contributed by atoms with Crippen LogP contribution in [0.4, 0.5) is 5.69 Å². The fraction of sp³-hybridized carbons (Fsp3) is 0.385. The maximum absolute atomic E-state index is 11.6. The smallest absolute Gasteiger partial charge is 0.224 e. The van der Waals surface area contributed by atoms with E-state index in [1.807, 2.05) is 13.0 Å². The third-order valence-electron chi connectivity index (χ3n) is 2.27. The van der Waals surface area contributed by atoms with Crippen molar-refractivity contribution in [2.24, 2.45) is 0 Å². The van der Waals surface area contributed by atoms with E-state index in [4.69, 9.17) is 10.00 Å². The first-order valence-corrected chi connectivity index (χ1v) is 6.54. The lowest BCUT2D eigenvalue weighted by Crippen LogP contribution is -2.13. The van der Waals surface area contributed by atoms with Gasteiger partial charge in [0.2, 0.25) is 5.91 Å². The van der Waals surface area contributed by atoms with Crippen LogP contribution >= 0.6 is 15.9 Å². The van der Waals surface area contributed by atoms with Gasteiger partial charge in [0.15, 0.2) is 0 Å². The first kappa shape index (κ1) is 14.7. The van der Waals surface area contributed by atoms with Crippen LogP contribution in [0.3, 0.4) is 0 Å². The van der Waals surface area contributed by atoms with Gasteiger partial charge in [0.05, 0.1) is 11.3 Å². The highest BCUT2D eigenvalue weighted by molar-refractivity contribution is 9.10. The van der Waals surface area contributed by atoms with Gasteiger partial charge >= 0.3 is 0 Å². The number of benzene rings is 1. The van der Waals surface area contributed by atoms with Crippen LogP contribution in [0.25, 0.3) is 0 Å². The number of rotatable bonds is 6. The fourth-order valence-corrected chi connectivity index (χ4v) is 1.77. The lowest BCUT2D eigenvalue weighted by molar-refractivity contribution is -0.116. The van der Waals surface area contributed by atoms with E-state index in [9.17, 15) is 4.79 Å². The molecule has 4 nitrogen and oxygen atoms in total. The molecule has 0 heterocycles. The van der Waals surface area contributed by atoms with Crippen LogP contribution in [0.15, 0.2) is 22.7 Å². The van der Waals surface area contributed by atoms with E-state index in [2.05, 4.69) is 21.2 Å². The van der Waals surface area contributed by atoms with Crippen LogP contribution in [0.1, 0.15) is 25.3 Å². The maximum atomic E-state index is 11.6. The van der Waals surface area contributed by atoms with Crippen molar-refractivity contribution in [2.75, 3.05) is 18.5 Å². The number of halogens is 1. The summed E-state index contributed by atoms with van der Waals surface area (Å²) in [5.74, 6) is -0.103. The van der Waals surface area contributed by atoms with E-state index in [0.29, 0.717) is 37.3 Å². The van der Waals surface area contributed by atoms with Crippen molar-refractivity contribution in [3.05, 3.63) is 28.2 Å². The van der Waals surface area contributed by atoms with E-state index < -0.39 is 0 Å². The monoisotopic (exact) mass is 310 g/mol. The molecule has 0 aliphatic carbocycles. The number of hydrogen-bond acceptors (Lipinski definition) is 3. The van der Waals surface area contributed by atoms with Crippen molar-refractivity contribution in [1.29, 1.82) is 5.26 Å². The van der Waals surface area contributed by atoms with Crippen molar-refractivity contribution >= 4 is 27.5 Å². The van der Waals surface area contributed by atoms with Gasteiger partial charge in [-0.2, -0.15) is 5.26 Å². The van der Waals surface area contributed by atoms with Gasteiger partial charge in [-0.3, -0.25) is 4.79 Å². The molecule has 0 saturated heterocycles. The Morgan fingerprint density at radius 1 is 1.56 bits per heavy atom. The third kappa shape index (κ3) is 4.86. The minimum absolute atomic E-state index is 0.103. The zero-order valence-corrected chi connectivity index (χ0v) is 11.8. The number of hydrogen-bond donors (Lipinski definition) is 1. The van der Waals surface area contributed by atoms with Gasteiger partial charge < -0.3 is 10.1 Å². The Labute approximate surface area is 115 Å². The van der Waals surface area contributed by atoms with E-state index in [-0.39, 0.29) is 5.91 Å². The standard InChI is InChI=1S/C13H15BrN2O2/c1-2-18-7-3-4-13(17)16-12-6-5-11(14)8-10(12)9-15/h5-6,8H,2-4,7H2,1H3,(H,16,17). The third-order valence-corrected chi connectivity index (χ3v) is 2.77. The number of anilines is 1. The molecule has 5 heteroatoms. The number of amides is 1. The molecule has 0 unspecified atom stereocenters. The molecule has 1 rings (SSSR count). The van der Waals surface area contributed by atoms with Crippen molar-refractivity contribution in [2.45, 2.75) is 19.8 Å². The second-order valence-corrected chi connectivity index (χ2v) is 4.57. The van der Waals surface area contributed by atoms with Crippen molar-refractivity contribution in [1.82, 2.24) is 0 Å². The predicted molar refractivity (Wildman–Crippen MR) is 73.2 cm³/mol. The summed E-state index contributed by atoms with van der Waals surface area (Å²) in [4.78, 5) is 11.6. The Kier molecular flexibility index (Phi) is 6.40. The van der Waals surface area contributed by atoms with Gasteiger partial charge in [0, 0.05) is 24.1 Å². The molecular weight excluding hydrogens is 296 g/mol. The van der Waals surface area contributed by atoms with Crippen molar-refractivity contribution in [3.8, 4) is 6.07 Å². The molecule has 0 aliphatic heterocycles. The summed E-state index contributed by atoms with van der Waals surface area (Å²) in [5.41, 5.74) is 0.990. The van der Waals surface area contributed by atoms with Crippen LogP contribution in [0.5, 0.6) is 0 Å². The van der Waals surface area contributed by atoms with E-state index in [1.54, 1.807) is 18.2 Å². The number of nitrogens with zero attached hydrogens (tertiary/aromatic N) is 1. The molecule has 0 saturated carbocycles. The molecule has 1 aromatic rings. The number of nitrogens with one attached hydrogen (secondary N) is 1. The topological polar surface area (TPSA) is 62.1 Å². The molecule has 0 fully saturated rings. The van der Waals surface area contributed by atoms with Gasteiger partial charge in [-0.1, -0.05) is 15.9 Å². The Bertz CT molecular complexity index is 455. The van der Waals surface area contributed by atoms with Crippen LogP contribution < -0.4 is 5.32 Å². The maximum Gasteiger partial charge on any atom is 0.224 e. The van der Waals surface area contributed by atoms with Crippen molar-refractivity contribution in [3.63, 3.8) is 0 Å². The van der Waals surface area contributed by atoms with E-state index in [1.165, 1.54) is 0 Å². The summed E-state index contributed by atoms with van der Waals surface area (Å²) in [7, 11) is 0. The molecule has 0 bridgehead atoms. The second kappa shape index (κ2) is 7.85. The molecule has 1 N–H and O–H groups in total. The minimum Gasteiger partial charge on any atom is -0.382 e. The highest BCUT2D eigenvalue weighted by atomic mass is 79.9. The Balaban J connectivity index is 2.52. The lowest BCUT2D eigenvalue weighted by Gasteiger charge is -2.07. The van der Waals surface area contributed by atoms with E-state index >= 15 is 0 Å². The van der Waals surface area contributed by atoms with Gasteiger partial charge in [-0.05, 0) is 31.5 Å². The van der Waals surface area contributed by atoms with Gasteiger partial charge in [-0.25, -0.2) is 0 Å². The van der Waals surface area contributed by atoms with Crippen LogP contribution in [0, 0.1) is 11.3 Å². The molecular formula is C13H15BrN2O2. The lowest BCUT2D eigenvalue weighted by atomic mass is 10.2. The summed E-state index contributed by atoms with van der Waals surface area (Å²) in [5, 5.41) is 11.7. The average Bonchev–Trinajstić information content (AvgIpc) is 2.37. The molecule has 0 atom stereocenters. The molecule has 0 aliphatic rings. The molecule has 0 radical (unpaired) electrons. The zero-order valence-electron chi connectivity index (χ0n) is 10.2. The summed E-state index contributed by atoms with van der Waals surface area (Å²) in [6.07, 6.45) is 1.07. The first-order valence-electron chi connectivity index (χ1n) is 5.74. The summed E-state index contributed by atoms with van der Waals surface area (Å²) < 4.78 is 5.97. The Hall–Kier alpha value is -1.38. The largest absolute Gasteiger partial charge is 0.382 e. The van der Waals surface area contributed by atoms with Crippen LogP contribution in [-0.4, -0.2) is 19.1 Å². The Morgan fingerprint density at radius 3 is 3.00 bits per heavy atom. The van der Waals surface area contributed by atoms with Crippen molar-refractivity contribution < 1.29 is 9.53 Å². The average molecular weight is 311 g/mol. The molecule has 1 aromatic carbocycles. The fourth-order valence-electron chi connectivity index (χ4n) is 1.41. The number of ether oxygens (including phenoxy) is 1. The molecule has 0 spiro atoms. The minimum atomic E-state index is -0.103. The normalized spacial score (nSPS) is 9.83. The molecule has 0 aromatic heterocycles. The molecule has 96 valence electrons. The quantitative estimate of drug-likeness (QED) is 0.821. The van der Waals surface area contributed by atoms with Gasteiger partial charge in [0.1, 0.15) is 6.07 Å². The van der Waals surface area contributed by atoms with Crippen LogP contribution in [0.2, 0.25) is 0 Å².